The topological polar surface area (TPSA) is 50.7 Å². The minimum absolute atomic E-state index is 0.262. The lowest BCUT2D eigenvalue weighted by Gasteiger charge is -2.18. The van der Waals surface area contributed by atoms with Crippen LogP contribution < -0.4 is 5.32 Å². The summed E-state index contributed by atoms with van der Waals surface area (Å²) >= 11 is 6.03. The predicted octanol–water partition coefficient (Wildman–Crippen LogP) is 2.23. The summed E-state index contributed by atoms with van der Waals surface area (Å²) in [6, 6.07) is 7.80. The first-order valence-corrected chi connectivity index (χ1v) is 7.26. The molecule has 0 aliphatic rings. The normalized spacial score (nSPS) is 14.2. The third kappa shape index (κ3) is 6.68. The molecule has 0 aliphatic heterocycles. The molecule has 2 N–H and O–H groups in total. The second-order valence-corrected chi connectivity index (χ2v) is 5.14. The Morgan fingerprint density at radius 1 is 1.30 bits per heavy atom. The quantitative estimate of drug-likeness (QED) is 0.696. The van der Waals surface area contributed by atoms with Crippen LogP contribution in [0, 0.1) is 0 Å². The number of halogens is 1. The summed E-state index contributed by atoms with van der Waals surface area (Å²) < 4.78 is 10.6. The average Bonchev–Trinajstić information content (AvgIpc) is 2.45. The van der Waals surface area contributed by atoms with Gasteiger partial charge in [-0.2, -0.15) is 0 Å². The Morgan fingerprint density at radius 3 is 2.70 bits per heavy atom. The standard InChI is InChI=1S/C15H24ClNO3/c1-3-13(10-19-2)17-8-14(18)11-20-9-12-6-4-5-7-15(12)16/h4-7,13-14,17-18H,3,8-11H2,1-2H3. The molecule has 0 radical (unpaired) electrons. The molecule has 0 heterocycles. The monoisotopic (exact) mass is 301 g/mol. The molecule has 0 fully saturated rings. The van der Waals surface area contributed by atoms with E-state index in [1.54, 1.807) is 7.11 Å². The number of aliphatic hydroxyl groups excluding tert-OH is 1. The van der Waals surface area contributed by atoms with Crippen molar-refractivity contribution in [1.82, 2.24) is 5.32 Å². The van der Waals surface area contributed by atoms with Gasteiger partial charge in [0.05, 0.1) is 25.9 Å². The van der Waals surface area contributed by atoms with Gasteiger partial charge in [0.2, 0.25) is 0 Å². The minimum atomic E-state index is -0.539. The molecule has 0 spiro atoms. The van der Waals surface area contributed by atoms with E-state index >= 15 is 0 Å². The van der Waals surface area contributed by atoms with Crippen LogP contribution in [-0.2, 0) is 16.1 Å². The van der Waals surface area contributed by atoms with Gasteiger partial charge in [0, 0.05) is 24.7 Å². The minimum Gasteiger partial charge on any atom is -0.389 e. The van der Waals surface area contributed by atoms with Crippen molar-refractivity contribution in [2.45, 2.75) is 32.1 Å². The van der Waals surface area contributed by atoms with Gasteiger partial charge in [0.15, 0.2) is 0 Å². The molecule has 0 aromatic heterocycles. The van der Waals surface area contributed by atoms with Gasteiger partial charge in [-0.15, -0.1) is 0 Å². The number of rotatable bonds is 10. The fourth-order valence-corrected chi connectivity index (χ4v) is 1.99. The number of aliphatic hydroxyl groups is 1. The van der Waals surface area contributed by atoms with Crippen LogP contribution in [0.25, 0.3) is 0 Å². The predicted molar refractivity (Wildman–Crippen MR) is 81.1 cm³/mol. The Balaban J connectivity index is 2.20. The first kappa shape index (κ1) is 17.4. The van der Waals surface area contributed by atoms with Crippen LogP contribution in [0.4, 0.5) is 0 Å². The third-order valence-electron chi connectivity index (χ3n) is 3.03. The summed E-state index contributed by atoms with van der Waals surface area (Å²) in [5.41, 5.74) is 0.931. The van der Waals surface area contributed by atoms with Gasteiger partial charge in [-0.3, -0.25) is 0 Å². The van der Waals surface area contributed by atoms with Gasteiger partial charge in [-0.1, -0.05) is 36.7 Å². The molecular formula is C15H24ClNO3. The molecule has 0 saturated carbocycles. The van der Waals surface area contributed by atoms with Crippen molar-refractivity contribution >= 4 is 11.6 Å². The van der Waals surface area contributed by atoms with Crippen molar-refractivity contribution in [3.8, 4) is 0 Å². The highest BCUT2D eigenvalue weighted by molar-refractivity contribution is 6.31. The highest BCUT2D eigenvalue weighted by Gasteiger charge is 2.09. The second-order valence-electron chi connectivity index (χ2n) is 4.73. The number of hydrogen-bond donors (Lipinski definition) is 2. The van der Waals surface area contributed by atoms with Crippen LogP contribution >= 0.6 is 11.6 Å². The number of nitrogens with one attached hydrogen (secondary N) is 1. The van der Waals surface area contributed by atoms with E-state index in [0.29, 0.717) is 24.8 Å². The highest BCUT2D eigenvalue weighted by Crippen LogP contribution is 2.15. The first-order chi connectivity index (χ1) is 9.67. The first-order valence-electron chi connectivity index (χ1n) is 6.88. The molecular weight excluding hydrogens is 278 g/mol. The average molecular weight is 302 g/mol. The number of ether oxygens (including phenoxy) is 2. The van der Waals surface area contributed by atoms with E-state index in [4.69, 9.17) is 21.1 Å². The molecule has 0 amide bonds. The van der Waals surface area contributed by atoms with E-state index in [0.717, 1.165) is 12.0 Å². The molecule has 2 atom stereocenters. The number of hydrogen-bond acceptors (Lipinski definition) is 4. The van der Waals surface area contributed by atoms with Crippen molar-refractivity contribution < 1.29 is 14.6 Å². The Morgan fingerprint density at radius 2 is 2.05 bits per heavy atom. The highest BCUT2D eigenvalue weighted by atomic mass is 35.5. The molecule has 0 aliphatic carbocycles. The summed E-state index contributed by atoms with van der Waals surface area (Å²) in [7, 11) is 1.67. The van der Waals surface area contributed by atoms with Crippen LogP contribution in [0.5, 0.6) is 0 Å². The zero-order chi connectivity index (χ0) is 14.8. The molecule has 1 aromatic carbocycles. The lowest BCUT2D eigenvalue weighted by molar-refractivity contribution is 0.0259. The Labute approximate surface area is 126 Å². The fraction of sp³-hybridized carbons (Fsp3) is 0.600. The Kier molecular flexibility index (Phi) is 8.82. The Bertz CT molecular complexity index is 376. The number of methoxy groups -OCH3 is 1. The zero-order valence-electron chi connectivity index (χ0n) is 12.1. The van der Waals surface area contributed by atoms with E-state index in [1.165, 1.54) is 0 Å². The van der Waals surface area contributed by atoms with Crippen molar-refractivity contribution in [1.29, 1.82) is 0 Å². The van der Waals surface area contributed by atoms with E-state index in [-0.39, 0.29) is 12.6 Å². The largest absolute Gasteiger partial charge is 0.389 e. The maximum atomic E-state index is 9.85. The van der Waals surface area contributed by atoms with E-state index in [2.05, 4.69) is 12.2 Å². The van der Waals surface area contributed by atoms with Gasteiger partial charge in [0.25, 0.3) is 0 Å². The van der Waals surface area contributed by atoms with E-state index in [9.17, 15) is 5.11 Å². The van der Waals surface area contributed by atoms with Gasteiger partial charge in [0.1, 0.15) is 0 Å². The smallest absolute Gasteiger partial charge is 0.0897 e. The van der Waals surface area contributed by atoms with Crippen LogP contribution in [0.1, 0.15) is 18.9 Å². The van der Waals surface area contributed by atoms with Crippen molar-refractivity contribution in [3.63, 3.8) is 0 Å². The number of benzene rings is 1. The maximum Gasteiger partial charge on any atom is 0.0897 e. The van der Waals surface area contributed by atoms with E-state index < -0.39 is 6.10 Å². The van der Waals surface area contributed by atoms with Crippen LogP contribution in [0.3, 0.4) is 0 Å². The van der Waals surface area contributed by atoms with Crippen molar-refractivity contribution in [3.05, 3.63) is 34.9 Å². The van der Waals surface area contributed by atoms with Gasteiger partial charge in [-0.05, 0) is 18.1 Å². The second kappa shape index (κ2) is 10.1. The molecule has 0 saturated heterocycles. The molecule has 5 heteroatoms. The lowest BCUT2D eigenvalue weighted by atomic mass is 10.2. The van der Waals surface area contributed by atoms with E-state index in [1.807, 2.05) is 24.3 Å². The SMILES string of the molecule is CCC(COC)NCC(O)COCc1ccccc1Cl. The maximum absolute atomic E-state index is 9.85. The zero-order valence-corrected chi connectivity index (χ0v) is 12.9. The fourth-order valence-electron chi connectivity index (χ4n) is 1.80. The summed E-state index contributed by atoms with van der Waals surface area (Å²) in [5, 5.41) is 13.8. The molecule has 1 rings (SSSR count). The van der Waals surface area contributed by atoms with Gasteiger partial charge < -0.3 is 19.9 Å². The molecule has 4 nitrogen and oxygen atoms in total. The van der Waals surface area contributed by atoms with Crippen LogP contribution in [-0.4, -0.2) is 44.1 Å². The van der Waals surface area contributed by atoms with Crippen LogP contribution in [0.15, 0.2) is 24.3 Å². The molecule has 0 bridgehead atoms. The summed E-state index contributed by atoms with van der Waals surface area (Å²) in [4.78, 5) is 0. The molecule has 1 aromatic rings. The van der Waals surface area contributed by atoms with Crippen molar-refractivity contribution in [2.24, 2.45) is 0 Å². The van der Waals surface area contributed by atoms with Gasteiger partial charge in [-0.25, -0.2) is 0 Å². The summed E-state index contributed by atoms with van der Waals surface area (Å²) in [6.45, 7) is 3.90. The third-order valence-corrected chi connectivity index (χ3v) is 3.40. The Hall–Kier alpha value is -0.650. The van der Waals surface area contributed by atoms with Crippen molar-refractivity contribution in [2.75, 3.05) is 26.9 Å². The molecule has 2 unspecified atom stereocenters. The molecule has 114 valence electrons. The van der Waals surface area contributed by atoms with Gasteiger partial charge >= 0.3 is 0 Å². The summed E-state index contributed by atoms with van der Waals surface area (Å²) in [6.07, 6.45) is 0.421. The molecule has 20 heavy (non-hydrogen) atoms. The van der Waals surface area contributed by atoms with Crippen LogP contribution in [0.2, 0.25) is 5.02 Å². The lowest BCUT2D eigenvalue weighted by Crippen LogP contribution is -2.39. The summed E-state index contributed by atoms with van der Waals surface area (Å²) in [5.74, 6) is 0.